The fraction of sp³-hybridized carbons (Fsp3) is 0.611. The lowest BCUT2D eigenvalue weighted by molar-refractivity contribution is -0.141. The second kappa shape index (κ2) is 7.25. The number of nitrogens with zero attached hydrogens (tertiary/aromatic N) is 1. The van der Waals surface area contributed by atoms with Crippen molar-refractivity contribution in [3.05, 3.63) is 35.9 Å². The van der Waals surface area contributed by atoms with E-state index in [1.165, 1.54) is 0 Å². The van der Waals surface area contributed by atoms with Crippen LogP contribution in [0.5, 0.6) is 0 Å². The van der Waals surface area contributed by atoms with Crippen LogP contribution in [0.3, 0.4) is 0 Å². The topological polar surface area (TPSA) is 41.6 Å². The van der Waals surface area contributed by atoms with Gasteiger partial charge in [0.05, 0.1) is 12.7 Å². The number of benzene rings is 1. The second-order valence-corrected chi connectivity index (χ2v) is 7.25. The van der Waals surface area contributed by atoms with Crippen molar-refractivity contribution in [1.29, 1.82) is 0 Å². The molecule has 0 aromatic heterocycles. The molecule has 0 aliphatic carbocycles. The Morgan fingerprint density at radius 1 is 1.32 bits per heavy atom. The highest BCUT2D eigenvalue weighted by molar-refractivity contribution is 5.82. The van der Waals surface area contributed by atoms with Crippen LogP contribution in [0.4, 0.5) is 0 Å². The second-order valence-electron chi connectivity index (χ2n) is 7.25. The summed E-state index contributed by atoms with van der Waals surface area (Å²) >= 11 is 0. The number of morpholine rings is 1. The number of nitrogens with one attached hydrogen (secondary N) is 1. The third kappa shape index (κ3) is 4.82. The summed E-state index contributed by atoms with van der Waals surface area (Å²) in [5.74, 6) is 0.131. The van der Waals surface area contributed by atoms with E-state index in [9.17, 15) is 4.79 Å². The minimum absolute atomic E-state index is 0.0587. The standard InChI is InChI=1S/C18H28N2O2/c1-14-16(19-10-11-22-14)17(21)20(13-18(2,3)4)12-15-8-6-5-7-9-15/h5-9,14,16,19H,10-13H2,1-4H3/t14-,16+/m1/s1. The van der Waals surface area contributed by atoms with E-state index in [0.717, 1.165) is 18.7 Å². The van der Waals surface area contributed by atoms with Crippen LogP contribution in [-0.2, 0) is 16.1 Å². The number of hydrogen-bond acceptors (Lipinski definition) is 3. The first kappa shape index (κ1) is 17.0. The molecule has 1 N–H and O–H groups in total. The average molecular weight is 304 g/mol. The quantitative estimate of drug-likeness (QED) is 0.929. The van der Waals surface area contributed by atoms with E-state index >= 15 is 0 Å². The van der Waals surface area contributed by atoms with Crippen molar-refractivity contribution in [1.82, 2.24) is 10.2 Å². The van der Waals surface area contributed by atoms with Gasteiger partial charge in [0, 0.05) is 19.6 Å². The molecule has 22 heavy (non-hydrogen) atoms. The van der Waals surface area contributed by atoms with Crippen molar-refractivity contribution in [2.75, 3.05) is 19.7 Å². The van der Waals surface area contributed by atoms with Crippen molar-refractivity contribution in [3.63, 3.8) is 0 Å². The molecule has 4 heteroatoms. The predicted molar refractivity (Wildman–Crippen MR) is 88.5 cm³/mol. The van der Waals surface area contributed by atoms with Crippen LogP contribution in [0.1, 0.15) is 33.3 Å². The van der Waals surface area contributed by atoms with Crippen LogP contribution in [0.15, 0.2) is 30.3 Å². The third-order valence-electron chi connectivity index (χ3n) is 3.78. The highest BCUT2D eigenvalue weighted by atomic mass is 16.5. The molecule has 2 atom stereocenters. The zero-order chi connectivity index (χ0) is 16.2. The Morgan fingerprint density at radius 2 is 2.00 bits per heavy atom. The summed E-state index contributed by atoms with van der Waals surface area (Å²) in [6.45, 7) is 11.2. The number of rotatable bonds is 4. The Balaban J connectivity index is 2.14. The molecule has 1 aromatic rings. The van der Waals surface area contributed by atoms with Crippen LogP contribution in [-0.4, -0.2) is 42.6 Å². The highest BCUT2D eigenvalue weighted by Crippen LogP contribution is 2.19. The first-order chi connectivity index (χ1) is 10.4. The Labute approximate surface area is 133 Å². The molecule has 0 unspecified atom stereocenters. The van der Waals surface area contributed by atoms with Gasteiger partial charge in [0.25, 0.3) is 0 Å². The lowest BCUT2D eigenvalue weighted by atomic mass is 9.95. The van der Waals surface area contributed by atoms with Crippen LogP contribution >= 0.6 is 0 Å². The van der Waals surface area contributed by atoms with E-state index < -0.39 is 0 Å². The molecule has 1 aliphatic heterocycles. The van der Waals surface area contributed by atoms with Crippen molar-refractivity contribution in [2.45, 2.75) is 46.4 Å². The van der Waals surface area contributed by atoms with Crippen LogP contribution in [0.25, 0.3) is 0 Å². The molecule has 1 aromatic carbocycles. The molecule has 0 bridgehead atoms. The number of ether oxygens (including phenoxy) is 1. The first-order valence-electron chi connectivity index (χ1n) is 8.04. The fourth-order valence-corrected chi connectivity index (χ4v) is 2.79. The monoisotopic (exact) mass is 304 g/mol. The molecule has 1 fully saturated rings. The zero-order valence-corrected chi connectivity index (χ0v) is 14.1. The summed E-state index contributed by atoms with van der Waals surface area (Å²) in [6.07, 6.45) is -0.0838. The largest absolute Gasteiger partial charge is 0.375 e. The van der Waals surface area contributed by atoms with Crippen LogP contribution in [0.2, 0.25) is 0 Å². The van der Waals surface area contributed by atoms with E-state index in [1.54, 1.807) is 0 Å². The molecule has 122 valence electrons. The number of hydrogen-bond donors (Lipinski definition) is 1. The molecule has 1 heterocycles. The molecular weight excluding hydrogens is 276 g/mol. The molecule has 0 saturated carbocycles. The molecule has 4 nitrogen and oxygen atoms in total. The van der Waals surface area contributed by atoms with Crippen molar-refractivity contribution < 1.29 is 9.53 Å². The zero-order valence-electron chi connectivity index (χ0n) is 14.1. The lowest BCUT2D eigenvalue weighted by Crippen LogP contribution is -2.57. The third-order valence-corrected chi connectivity index (χ3v) is 3.78. The smallest absolute Gasteiger partial charge is 0.242 e. The van der Waals surface area contributed by atoms with Crippen molar-refractivity contribution in [2.24, 2.45) is 5.41 Å². The van der Waals surface area contributed by atoms with Crippen molar-refractivity contribution in [3.8, 4) is 0 Å². The predicted octanol–water partition coefficient (Wildman–Crippen LogP) is 2.44. The Morgan fingerprint density at radius 3 is 2.59 bits per heavy atom. The van der Waals surface area contributed by atoms with Gasteiger partial charge < -0.3 is 15.0 Å². The fourth-order valence-electron chi connectivity index (χ4n) is 2.79. The number of carbonyl (C=O) groups excluding carboxylic acids is 1. The van der Waals surface area contributed by atoms with E-state index in [4.69, 9.17) is 4.74 Å². The Bertz CT molecular complexity index is 482. The minimum atomic E-state index is -0.250. The Kier molecular flexibility index (Phi) is 5.59. The van der Waals surface area contributed by atoms with Gasteiger partial charge in [-0.15, -0.1) is 0 Å². The summed E-state index contributed by atoms with van der Waals surface area (Å²) < 4.78 is 5.63. The molecule has 1 aliphatic rings. The maximum atomic E-state index is 13.0. The lowest BCUT2D eigenvalue weighted by Gasteiger charge is -2.36. The summed E-state index contributed by atoms with van der Waals surface area (Å²) in [4.78, 5) is 14.9. The van der Waals surface area contributed by atoms with Crippen LogP contribution < -0.4 is 5.32 Å². The van der Waals surface area contributed by atoms with Gasteiger partial charge in [0.1, 0.15) is 6.04 Å². The van der Waals surface area contributed by atoms with Gasteiger partial charge in [-0.05, 0) is 17.9 Å². The molecule has 2 rings (SSSR count). The van der Waals surface area contributed by atoms with Gasteiger partial charge in [-0.1, -0.05) is 51.1 Å². The maximum absolute atomic E-state index is 13.0. The molecule has 1 amide bonds. The average Bonchev–Trinajstić information content (AvgIpc) is 2.46. The molecule has 0 radical (unpaired) electrons. The van der Waals surface area contributed by atoms with E-state index in [1.807, 2.05) is 30.0 Å². The van der Waals surface area contributed by atoms with Gasteiger partial charge in [-0.2, -0.15) is 0 Å². The maximum Gasteiger partial charge on any atom is 0.242 e. The van der Waals surface area contributed by atoms with E-state index in [2.05, 4.69) is 38.2 Å². The van der Waals surface area contributed by atoms with Crippen LogP contribution in [0, 0.1) is 5.41 Å². The van der Waals surface area contributed by atoms with Gasteiger partial charge in [-0.25, -0.2) is 0 Å². The number of carbonyl (C=O) groups is 1. The summed E-state index contributed by atoms with van der Waals surface area (Å²) in [7, 11) is 0. The molecular formula is C18H28N2O2. The molecule has 0 spiro atoms. The first-order valence-corrected chi connectivity index (χ1v) is 8.04. The SMILES string of the molecule is C[C@H]1OCCN[C@@H]1C(=O)N(Cc1ccccc1)CC(C)(C)C. The molecule has 1 saturated heterocycles. The summed E-state index contributed by atoms with van der Waals surface area (Å²) in [6, 6.07) is 9.91. The van der Waals surface area contributed by atoms with Gasteiger partial charge in [0.2, 0.25) is 5.91 Å². The van der Waals surface area contributed by atoms with Gasteiger partial charge in [0.15, 0.2) is 0 Å². The Hall–Kier alpha value is -1.39. The summed E-state index contributed by atoms with van der Waals surface area (Å²) in [5.41, 5.74) is 1.22. The minimum Gasteiger partial charge on any atom is -0.375 e. The van der Waals surface area contributed by atoms with Gasteiger partial charge >= 0.3 is 0 Å². The van der Waals surface area contributed by atoms with Gasteiger partial charge in [-0.3, -0.25) is 4.79 Å². The summed E-state index contributed by atoms with van der Waals surface area (Å²) in [5, 5.41) is 3.30. The highest BCUT2D eigenvalue weighted by Gasteiger charge is 2.33. The normalized spacial score (nSPS) is 22.4. The van der Waals surface area contributed by atoms with E-state index in [-0.39, 0.29) is 23.5 Å². The van der Waals surface area contributed by atoms with Crippen molar-refractivity contribution >= 4 is 5.91 Å². The van der Waals surface area contributed by atoms with E-state index in [0.29, 0.717) is 13.2 Å². The number of amides is 1.